The van der Waals surface area contributed by atoms with Crippen LogP contribution in [0.3, 0.4) is 0 Å². The van der Waals surface area contributed by atoms with Gasteiger partial charge in [0.05, 0.1) is 17.7 Å². The summed E-state index contributed by atoms with van der Waals surface area (Å²) >= 11 is 3.87. The lowest BCUT2D eigenvalue weighted by Crippen LogP contribution is -2.24. The molecular weight excluding hydrogens is 507 g/mol. The first-order chi connectivity index (χ1) is 16.3. The highest BCUT2D eigenvalue weighted by molar-refractivity contribution is 9.10. The highest BCUT2D eigenvalue weighted by Gasteiger charge is 2.34. The van der Waals surface area contributed by atoms with Gasteiger partial charge in [-0.15, -0.1) is 0 Å². The number of hydrogen-bond acceptors (Lipinski definition) is 3. The van der Waals surface area contributed by atoms with Crippen molar-refractivity contribution in [1.82, 2.24) is 0 Å². The van der Waals surface area contributed by atoms with Gasteiger partial charge < -0.3 is 9.47 Å². The van der Waals surface area contributed by atoms with Crippen LogP contribution < -0.4 is 4.74 Å². The third-order valence-corrected chi connectivity index (χ3v) is 6.96. The van der Waals surface area contributed by atoms with Crippen molar-refractivity contribution in [3.63, 3.8) is 0 Å². The summed E-state index contributed by atoms with van der Waals surface area (Å²) in [4.78, 5) is 11.7. The summed E-state index contributed by atoms with van der Waals surface area (Å²) in [5.41, 5.74) is 5.50. The highest BCUT2D eigenvalue weighted by Crippen LogP contribution is 2.51. The van der Waals surface area contributed by atoms with Crippen LogP contribution in [0, 0.1) is 11.8 Å². The van der Waals surface area contributed by atoms with Crippen molar-refractivity contribution in [2.45, 2.75) is 74.1 Å². The molecular formula is C30H40BrFO3. The van der Waals surface area contributed by atoms with Crippen LogP contribution in [0.15, 0.2) is 46.2 Å². The van der Waals surface area contributed by atoms with E-state index in [2.05, 4.69) is 55.8 Å². The van der Waals surface area contributed by atoms with E-state index in [-0.39, 0.29) is 17.2 Å². The van der Waals surface area contributed by atoms with Gasteiger partial charge in [0, 0.05) is 17.2 Å². The number of carbonyl (C=O) groups excluding carboxylic acids is 1. The van der Waals surface area contributed by atoms with Crippen LogP contribution in [-0.4, -0.2) is 19.2 Å². The fraction of sp³-hybridized carbons (Fsp3) is 0.500. The molecule has 0 spiro atoms. The number of ether oxygens (including phenoxy) is 2. The summed E-state index contributed by atoms with van der Waals surface area (Å²) in [6.07, 6.45) is 7.65. The summed E-state index contributed by atoms with van der Waals surface area (Å²) in [7, 11) is 0. The molecule has 0 N–H and O–H groups in total. The molecule has 0 bridgehead atoms. The number of rotatable bonds is 9. The van der Waals surface area contributed by atoms with Crippen molar-refractivity contribution < 1.29 is 18.7 Å². The molecule has 35 heavy (non-hydrogen) atoms. The topological polar surface area (TPSA) is 35.5 Å². The normalized spacial score (nSPS) is 16.4. The molecule has 0 saturated heterocycles. The van der Waals surface area contributed by atoms with Gasteiger partial charge in [-0.05, 0) is 94.8 Å². The molecule has 2 rings (SSSR count). The van der Waals surface area contributed by atoms with Gasteiger partial charge in [0.2, 0.25) is 0 Å². The Morgan fingerprint density at radius 2 is 1.83 bits per heavy atom. The van der Waals surface area contributed by atoms with Gasteiger partial charge in [-0.3, -0.25) is 0 Å². The van der Waals surface area contributed by atoms with E-state index in [0.29, 0.717) is 36.0 Å². The Hall–Kier alpha value is -2.14. The number of hydrogen-bond donors (Lipinski definition) is 0. The Bertz CT molecular complexity index is 1070. The minimum atomic E-state index is -0.434. The van der Waals surface area contributed by atoms with Crippen LogP contribution in [-0.2, 0) is 14.9 Å². The van der Waals surface area contributed by atoms with Gasteiger partial charge in [0.25, 0.3) is 0 Å². The minimum Gasteiger partial charge on any atom is -0.492 e. The lowest BCUT2D eigenvalue weighted by Gasteiger charge is -2.36. The van der Waals surface area contributed by atoms with E-state index in [1.54, 1.807) is 19.9 Å². The molecule has 1 aliphatic rings. The Morgan fingerprint density at radius 1 is 1.17 bits per heavy atom. The van der Waals surface area contributed by atoms with Crippen LogP contribution in [0.4, 0.5) is 4.39 Å². The molecule has 0 radical (unpaired) electrons. The molecule has 0 saturated carbocycles. The molecule has 192 valence electrons. The summed E-state index contributed by atoms with van der Waals surface area (Å²) in [5, 5.41) is 0. The largest absolute Gasteiger partial charge is 0.492 e. The van der Waals surface area contributed by atoms with Crippen LogP contribution in [0.25, 0.3) is 11.1 Å². The van der Waals surface area contributed by atoms with Gasteiger partial charge >= 0.3 is 5.97 Å². The second kappa shape index (κ2) is 12.2. The molecule has 1 aromatic rings. The highest BCUT2D eigenvalue weighted by atomic mass is 79.9. The Labute approximate surface area is 219 Å². The molecule has 0 fully saturated rings. The molecule has 1 aliphatic carbocycles. The van der Waals surface area contributed by atoms with Crippen molar-refractivity contribution >= 4 is 33.0 Å². The Morgan fingerprint density at radius 3 is 2.37 bits per heavy atom. The van der Waals surface area contributed by atoms with Crippen molar-refractivity contribution in [1.29, 1.82) is 0 Å². The molecule has 3 nitrogen and oxygen atoms in total. The monoisotopic (exact) mass is 546 g/mol. The number of allylic oxidation sites excluding steroid dienone is 7. The lowest BCUT2D eigenvalue weighted by atomic mass is 9.70. The first-order valence-corrected chi connectivity index (χ1v) is 13.3. The number of fused-ring (bicyclic) bond motifs is 1. The van der Waals surface area contributed by atoms with E-state index >= 15 is 4.39 Å². The van der Waals surface area contributed by atoms with E-state index in [1.807, 2.05) is 20.8 Å². The summed E-state index contributed by atoms with van der Waals surface area (Å²) in [6, 6.07) is 2.11. The fourth-order valence-electron chi connectivity index (χ4n) is 4.56. The first kappa shape index (κ1) is 29.1. The Balaban J connectivity index is 2.78. The molecule has 5 heteroatoms. The van der Waals surface area contributed by atoms with Gasteiger partial charge in [-0.1, -0.05) is 53.7 Å². The maximum absolute atomic E-state index is 15.8. The summed E-state index contributed by atoms with van der Waals surface area (Å²) in [5.74, 6) is 0.136. The minimum absolute atomic E-state index is 0.0773. The molecule has 0 unspecified atom stereocenters. The SMILES string of the molecule is CCOC(=O)C=C(C)C=CC(F)=C(c1cc2c(c(Br)c1OCC)C(C)(C)CC=C2C(C)C)C(C)C. The van der Waals surface area contributed by atoms with Gasteiger partial charge in [0.15, 0.2) is 0 Å². The van der Waals surface area contributed by atoms with E-state index in [4.69, 9.17) is 9.47 Å². The molecule has 0 amide bonds. The third kappa shape index (κ3) is 6.75. The first-order valence-electron chi connectivity index (χ1n) is 12.5. The number of carbonyl (C=O) groups is 1. The second-order valence-electron chi connectivity index (χ2n) is 10.2. The van der Waals surface area contributed by atoms with Crippen LogP contribution in [0.5, 0.6) is 5.75 Å². The van der Waals surface area contributed by atoms with Crippen molar-refractivity contribution in [3.8, 4) is 5.75 Å². The zero-order valence-corrected chi connectivity index (χ0v) is 24.2. The second-order valence-corrected chi connectivity index (χ2v) is 11.0. The number of benzene rings is 1. The quantitative estimate of drug-likeness (QED) is 0.176. The Kier molecular flexibility index (Phi) is 10.1. The van der Waals surface area contributed by atoms with E-state index in [9.17, 15) is 4.79 Å². The lowest BCUT2D eigenvalue weighted by molar-refractivity contribution is -0.137. The third-order valence-electron chi connectivity index (χ3n) is 6.20. The van der Waals surface area contributed by atoms with Crippen LogP contribution >= 0.6 is 15.9 Å². The maximum atomic E-state index is 15.8. The average Bonchev–Trinajstić information content (AvgIpc) is 2.74. The molecule has 0 heterocycles. The fourth-order valence-corrected chi connectivity index (χ4v) is 5.64. The van der Waals surface area contributed by atoms with Crippen LogP contribution in [0.2, 0.25) is 0 Å². The molecule has 0 atom stereocenters. The van der Waals surface area contributed by atoms with E-state index in [0.717, 1.165) is 22.0 Å². The van der Waals surface area contributed by atoms with Crippen LogP contribution in [0.1, 0.15) is 85.4 Å². The van der Waals surface area contributed by atoms with Crippen molar-refractivity contribution in [3.05, 3.63) is 62.9 Å². The molecule has 0 aliphatic heterocycles. The summed E-state index contributed by atoms with van der Waals surface area (Å²) < 4.78 is 27.8. The average molecular weight is 548 g/mol. The number of halogens is 2. The van der Waals surface area contributed by atoms with Gasteiger partial charge in [-0.2, -0.15) is 0 Å². The zero-order valence-electron chi connectivity index (χ0n) is 22.6. The predicted molar refractivity (Wildman–Crippen MR) is 148 cm³/mol. The maximum Gasteiger partial charge on any atom is 0.330 e. The predicted octanol–water partition coefficient (Wildman–Crippen LogP) is 8.97. The molecule has 0 aromatic heterocycles. The van der Waals surface area contributed by atoms with E-state index in [1.165, 1.54) is 23.3 Å². The van der Waals surface area contributed by atoms with Gasteiger partial charge in [-0.25, -0.2) is 9.18 Å². The van der Waals surface area contributed by atoms with Crippen molar-refractivity contribution in [2.75, 3.05) is 13.2 Å². The summed E-state index contributed by atoms with van der Waals surface area (Å²) in [6.45, 7) is 19.0. The zero-order chi connectivity index (χ0) is 26.5. The number of esters is 1. The smallest absolute Gasteiger partial charge is 0.330 e. The van der Waals surface area contributed by atoms with Crippen molar-refractivity contribution in [2.24, 2.45) is 11.8 Å². The van der Waals surface area contributed by atoms with E-state index < -0.39 is 5.97 Å². The molecule has 1 aromatic carbocycles. The van der Waals surface area contributed by atoms with Gasteiger partial charge in [0.1, 0.15) is 11.6 Å². The standard InChI is InChI=1S/C30H40BrFO3/c1-10-34-25(33)16-20(7)12-13-24(32)26(19(5)6)23-17-22-21(18(3)4)14-15-30(8,9)27(22)28(31)29(23)35-11-2/h12-14,16-19H,10-11,15H2,1-9H3.